The highest BCUT2D eigenvalue weighted by molar-refractivity contribution is 6.05. The van der Waals surface area contributed by atoms with E-state index in [1.807, 2.05) is 18.2 Å². The minimum absolute atomic E-state index is 0.182. The van der Waals surface area contributed by atoms with E-state index in [0.29, 0.717) is 41.3 Å². The first kappa shape index (κ1) is 26.9. The molecule has 0 atom stereocenters. The summed E-state index contributed by atoms with van der Waals surface area (Å²) in [6, 6.07) is 17.6. The smallest absolute Gasteiger partial charge is 0.255 e. The summed E-state index contributed by atoms with van der Waals surface area (Å²) in [6.45, 7) is 0.478. The van der Waals surface area contributed by atoms with E-state index < -0.39 is 0 Å². The van der Waals surface area contributed by atoms with E-state index in [0.717, 1.165) is 29.9 Å². The van der Waals surface area contributed by atoms with Gasteiger partial charge in [-0.25, -0.2) is 0 Å². The average molecular weight is 519 g/mol. The normalized spacial score (nSPS) is 13.0. The molecule has 1 aliphatic carbocycles. The maximum atomic E-state index is 12.6. The number of anilines is 1. The van der Waals surface area contributed by atoms with Crippen LogP contribution in [0.1, 0.15) is 52.0 Å². The van der Waals surface area contributed by atoms with Crippen molar-refractivity contribution in [2.45, 2.75) is 38.2 Å². The van der Waals surface area contributed by atoms with Crippen LogP contribution in [-0.4, -0.2) is 45.8 Å². The van der Waals surface area contributed by atoms with Crippen LogP contribution in [0.4, 0.5) is 5.69 Å². The Bertz CT molecular complexity index is 1250. The van der Waals surface area contributed by atoms with Crippen LogP contribution in [0.5, 0.6) is 23.0 Å². The van der Waals surface area contributed by atoms with Crippen LogP contribution in [0.25, 0.3) is 0 Å². The number of nitrogens with one attached hydrogen (secondary N) is 2. The van der Waals surface area contributed by atoms with E-state index in [-0.39, 0.29) is 17.9 Å². The zero-order chi connectivity index (χ0) is 26.9. The molecule has 8 nitrogen and oxygen atoms in total. The van der Waals surface area contributed by atoms with E-state index in [4.69, 9.17) is 18.9 Å². The van der Waals surface area contributed by atoms with E-state index in [2.05, 4.69) is 10.6 Å². The molecule has 0 aliphatic heterocycles. The lowest BCUT2D eigenvalue weighted by atomic mass is 10.1. The van der Waals surface area contributed by atoms with Crippen molar-refractivity contribution in [1.82, 2.24) is 5.32 Å². The largest absolute Gasteiger partial charge is 0.493 e. The number of amides is 2. The number of carbonyl (C=O) groups is 2. The quantitative estimate of drug-likeness (QED) is 0.360. The van der Waals surface area contributed by atoms with Crippen LogP contribution in [0.2, 0.25) is 0 Å². The Labute approximate surface area is 223 Å². The predicted octanol–water partition coefficient (Wildman–Crippen LogP) is 5.26. The maximum absolute atomic E-state index is 12.6. The van der Waals surface area contributed by atoms with Crippen molar-refractivity contribution in [1.29, 1.82) is 0 Å². The number of methoxy groups -OCH3 is 3. The van der Waals surface area contributed by atoms with Gasteiger partial charge in [-0.05, 0) is 92.3 Å². The molecule has 0 saturated heterocycles. The molecule has 0 spiro atoms. The van der Waals surface area contributed by atoms with Crippen molar-refractivity contribution in [3.63, 3.8) is 0 Å². The average Bonchev–Trinajstić information content (AvgIpc) is 3.46. The van der Waals surface area contributed by atoms with Gasteiger partial charge in [-0.3, -0.25) is 9.59 Å². The fourth-order valence-electron chi connectivity index (χ4n) is 4.46. The summed E-state index contributed by atoms with van der Waals surface area (Å²) in [6.07, 6.45) is 5.44. The monoisotopic (exact) mass is 518 g/mol. The lowest BCUT2D eigenvalue weighted by Gasteiger charge is -2.17. The molecule has 3 aromatic rings. The number of carbonyl (C=O) groups excluding carboxylic acids is 2. The molecule has 1 aliphatic rings. The maximum Gasteiger partial charge on any atom is 0.255 e. The zero-order valence-electron chi connectivity index (χ0n) is 22.0. The van der Waals surface area contributed by atoms with E-state index in [9.17, 15) is 9.59 Å². The van der Waals surface area contributed by atoms with Gasteiger partial charge in [-0.2, -0.15) is 0 Å². The van der Waals surface area contributed by atoms with Gasteiger partial charge in [-0.1, -0.05) is 6.07 Å². The third-order valence-corrected chi connectivity index (χ3v) is 6.57. The molecule has 38 heavy (non-hydrogen) atoms. The molecule has 2 N–H and O–H groups in total. The summed E-state index contributed by atoms with van der Waals surface area (Å²) in [4.78, 5) is 25.3. The minimum Gasteiger partial charge on any atom is -0.493 e. The van der Waals surface area contributed by atoms with Gasteiger partial charge in [0, 0.05) is 23.4 Å². The summed E-state index contributed by atoms with van der Waals surface area (Å²) < 4.78 is 22.1. The van der Waals surface area contributed by atoms with Crippen molar-refractivity contribution in [3.8, 4) is 23.0 Å². The van der Waals surface area contributed by atoms with Crippen LogP contribution in [0.3, 0.4) is 0 Å². The van der Waals surface area contributed by atoms with E-state index >= 15 is 0 Å². The van der Waals surface area contributed by atoms with E-state index in [1.54, 1.807) is 49.6 Å². The SMILES string of the molecule is COc1ccc(C(=O)Nc2ccc(C(=O)NCCc3ccc(OC)c(OC4CCCC4)c3)cc2)cc1OC. The first-order chi connectivity index (χ1) is 18.5. The fourth-order valence-corrected chi connectivity index (χ4v) is 4.46. The number of benzene rings is 3. The van der Waals surface area contributed by atoms with Crippen LogP contribution < -0.4 is 29.6 Å². The Morgan fingerprint density at radius 1 is 0.737 bits per heavy atom. The summed E-state index contributed by atoms with van der Waals surface area (Å²) >= 11 is 0. The predicted molar refractivity (Wildman–Crippen MR) is 146 cm³/mol. The molecule has 8 heteroatoms. The second-order valence-electron chi connectivity index (χ2n) is 9.12. The summed E-state index contributed by atoms with van der Waals surface area (Å²) in [5.41, 5.74) is 2.58. The first-order valence-electron chi connectivity index (χ1n) is 12.8. The van der Waals surface area contributed by atoms with Gasteiger partial charge in [0.25, 0.3) is 11.8 Å². The Hall–Kier alpha value is -4.20. The van der Waals surface area contributed by atoms with Crippen LogP contribution in [-0.2, 0) is 6.42 Å². The molecule has 3 aromatic carbocycles. The molecular formula is C30H34N2O6. The first-order valence-corrected chi connectivity index (χ1v) is 12.8. The van der Waals surface area contributed by atoms with Gasteiger partial charge in [0.05, 0.1) is 27.4 Å². The molecule has 0 aromatic heterocycles. The highest BCUT2D eigenvalue weighted by Gasteiger charge is 2.19. The second-order valence-corrected chi connectivity index (χ2v) is 9.12. The van der Waals surface area contributed by atoms with E-state index in [1.165, 1.54) is 27.1 Å². The third kappa shape index (κ3) is 6.76. The van der Waals surface area contributed by atoms with Crippen LogP contribution >= 0.6 is 0 Å². The Balaban J connectivity index is 1.29. The minimum atomic E-state index is -0.293. The van der Waals surface area contributed by atoms with Crippen molar-refractivity contribution in [3.05, 3.63) is 77.4 Å². The topological polar surface area (TPSA) is 95.1 Å². The summed E-state index contributed by atoms with van der Waals surface area (Å²) in [7, 11) is 4.70. The lowest BCUT2D eigenvalue weighted by Crippen LogP contribution is -2.25. The van der Waals surface area contributed by atoms with Gasteiger partial charge in [-0.15, -0.1) is 0 Å². The molecule has 4 rings (SSSR count). The van der Waals surface area contributed by atoms with Crippen LogP contribution in [0, 0.1) is 0 Å². The third-order valence-electron chi connectivity index (χ3n) is 6.57. The standard InChI is InChI=1S/C30H34N2O6/c1-35-25-15-11-22(19-27(25)37-3)30(34)32-23-12-9-21(10-13-23)29(33)31-17-16-20-8-14-26(36-2)28(18-20)38-24-6-4-5-7-24/h8-15,18-19,24H,4-7,16-17H2,1-3H3,(H,31,33)(H,32,34). The molecule has 1 fully saturated rings. The molecule has 0 radical (unpaired) electrons. The van der Waals surface area contributed by atoms with Gasteiger partial charge in [0.2, 0.25) is 0 Å². The van der Waals surface area contributed by atoms with Crippen LogP contribution in [0.15, 0.2) is 60.7 Å². The van der Waals surface area contributed by atoms with Gasteiger partial charge < -0.3 is 29.6 Å². The van der Waals surface area contributed by atoms with Gasteiger partial charge >= 0.3 is 0 Å². The van der Waals surface area contributed by atoms with Crippen molar-refractivity contribution >= 4 is 17.5 Å². The Morgan fingerprint density at radius 2 is 1.37 bits per heavy atom. The fraction of sp³-hybridized carbons (Fsp3) is 0.333. The summed E-state index contributed by atoms with van der Waals surface area (Å²) in [5.74, 6) is 2.03. The van der Waals surface area contributed by atoms with Gasteiger partial charge in [0.1, 0.15) is 0 Å². The molecule has 200 valence electrons. The zero-order valence-corrected chi connectivity index (χ0v) is 22.0. The molecule has 0 bridgehead atoms. The van der Waals surface area contributed by atoms with Gasteiger partial charge in [0.15, 0.2) is 23.0 Å². The summed E-state index contributed by atoms with van der Waals surface area (Å²) in [5, 5.41) is 5.78. The van der Waals surface area contributed by atoms with Crippen molar-refractivity contribution in [2.24, 2.45) is 0 Å². The number of ether oxygens (including phenoxy) is 4. The lowest BCUT2D eigenvalue weighted by molar-refractivity contribution is 0.0953. The Kier molecular flexibility index (Phi) is 9.08. The Morgan fingerprint density at radius 3 is 2.05 bits per heavy atom. The molecule has 1 saturated carbocycles. The molecule has 0 heterocycles. The number of hydrogen-bond donors (Lipinski definition) is 2. The number of hydrogen-bond acceptors (Lipinski definition) is 6. The molecular weight excluding hydrogens is 484 g/mol. The molecule has 2 amide bonds. The highest BCUT2D eigenvalue weighted by atomic mass is 16.5. The van der Waals surface area contributed by atoms with Crippen molar-refractivity contribution < 1.29 is 28.5 Å². The highest BCUT2D eigenvalue weighted by Crippen LogP contribution is 2.32. The van der Waals surface area contributed by atoms with Crippen molar-refractivity contribution in [2.75, 3.05) is 33.2 Å². The number of rotatable bonds is 11. The molecule has 0 unspecified atom stereocenters. The second kappa shape index (κ2) is 12.9.